The van der Waals surface area contributed by atoms with Crippen LogP contribution in [-0.2, 0) is 4.74 Å². The summed E-state index contributed by atoms with van der Waals surface area (Å²) in [5.41, 5.74) is 3.46. The van der Waals surface area contributed by atoms with Crippen molar-refractivity contribution in [3.05, 3.63) is 29.3 Å². The topological polar surface area (TPSA) is 41.6 Å². The number of nitrogens with one attached hydrogen (secondary N) is 1. The Balaban J connectivity index is 2.88. The first-order valence-electron chi connectivity index (χ1n) is 6.17. The van der Waals surface area contributed by atoms with Crippen LogP contribution in [-0.4, -0.2) is 26.4 Å². The molecule has 4 heteroatoms. The number of alkyl carbamates (subject to hydrolysis) is 1. The average molecular weight is 250 g/mol. The number of anilines is 1. The van der Waals surface area contributed by atoms with Gasteiger partial charge in [0.25, 0.3) is 0 Å². The lowest BCUT2D eigenvalue weighted by atomic mass is 10.1. The van der Waals surface area contributed by atoms with E-state index in [2.05, 4.69) is 37.4 Å². The fourth-order valence-corrected chi connectivity index (χ4v) is 1.94. The van der Waals surface area contributed by atoms with Crippen molar-refractivity contribution in [3.8, 4) is 0 Å². The highest BCUT2D eigenvalue weighted by molar-refractivity contribution is 5.67. The number of rotatable bonds is 4. The van der Waals surface area contributed by atoms with Gasteiger partial charge in [-0.1, -0.05) is 13.0 Å². The fraction of sp³-hybridized carbons (Fsp3) is 0.500. The van der Waals surface area contributed by atoms with Crippen LogP contribution in [0.2, 0.25) is 0 Å². The molecule has 1 atom stereocenters. The van der Waals surface area contributed by atoms with E-state index < -0.39 is 6.09 Å². The van der Waals surface area contributed by atoms with Gasteiger partial charge in [-0.3, -0.25) is 0 Å². The van der Waals surface area contributed by atoms with Gasteiger partial charge in [-0.15, -0.1) is 0 Å². The number of hydrogen-bond acceptors (Lipinski definition) is 3. The number of aryl methyl sites for hydroxylation is 2. The lowest BCUT2D eigenvalue weighted by Crippen LogP contribution is -2.38. The van der Waals surface area contributed by atoms with Gasteiger partial charge < -0.3 is 15.0 Å². The van der Waals surface area contributed by atoms with Gasteiger partial charge in [0.05, 0.1) is 0 Å². The fourth-order valence-electron chi connectivity index (χ4n) is 1.94. The van der Waals surface area contributed by atoms with Gasteiger partial charge in [-0.25, -0.2) is 4.79 Å². The monoisotopic (exact) mass is 250 g/mol. The Kier molecular flexibility index (Phi) is 5.01. The highest BCUT2D eigenvalue weighted by atomic mass is 16.6. The average Bonchev–Trinajstić information content (AvgIpc) is 2.33. The largest absolute Gasteiger partial charge is 0.425 e. The predicted molar refractivity (Wildman–Crippen MR) is 73.9 cm³/mol. The lowest BCUT2D eigenvalue weighted by Gasteiger charge is -2.29. The number of benzene rings is 1. The summed E-state index contributed by atoms with van der Waals surface area (Å²) in [6.07, 6.45) is 0.0703. The molecule has 4 nitrogen and oxygen atoms in total. The Bertz CT molecular complexity index is 398. The number of carbonyl (C=O) groups excluding carboxylic acids is 1. The zero-order valence-electron chi connectivity index (χ0n) is 11.8. The molecular weight excluding hydrogens is 228 g/mol. The molecule has 0 saturated carbocycles. The van der Waals surface area contributed by atoms with E-state index >= 15 is 0 Å². The first kappa shape index (κ1) is 14.4. The van der Waals surface area contributed by atoms with Crippen LogP contribution in [0.25, 0.3) is 0 Å². The van der Waals surface area contributed by atoms with Crippen molar-refractivity contribution < 1.29 is 9.53 Å². The van der Waals surface area contributed by atoms with Crippen molar-refractivity contribution in [2.24, 2.45) is 0 Å². The van der Waals surface area contributed by atoms with Crippen LogP contribution in [0.15, 0.2) is 18.2 Å². The number of nitrogens with zero attached hydrogens (tertiary/aromatic N) is 1. The standard InChI is InChI=1S/C14H22N2O2/c1-6-13(18-14(17)15-4)16(5)12-8-10(2)7-11(3)9-12/h7-9,13H,6H2,1-5H3,(H,15,17). The molecule has 0 aliphatic rings. The zero-order valence-corrected chi connectivity index (χ0v) is 11.8. The third kappa shape index (κ3) is 3.65. The summed E-state index contributed by atoms with van der Waals surface area (Å²) in [6.45, 7) is 6.11. The van der Waals surface area contributed by atoms with Crippen LogP contribution >= 0.6 is 0 Å². The minimum Gasteiger partial charge on any atom is -0.425 e. The van der Waals surface area contributed by atoms with Gasteiger partial charge in [0.15, 0.2) is 6.23 Å². The number of ether oxygens (including phenoxy) is 1. The van der Waals surface area contributed by atoms with Gasteiger partial charge in [-0.2, -0.15) is 0 Å². The molecule has 0 bridgehead atoms. The molecule has 0 heterocycles. The Morgan fingerprint density at radius 1 is 1.33 bits per heavy atom. The van der Waals surface area contributed by atoms with Gasteiger partial charge in [0.2, 0.25) is 0 Å². The van der Waals surface area contributed by atoms with E-state index in [0.29, 0.717) is 0 Å². The summed E-state index contributed by atoms with van der Waals surface area (Å²) in [7, 11) is 3.50. The summed E-state index contributed by atoms with van der Waals surface area (Å²) < 4.78 is 5.32. The van der Waals surface area contributed by atoms with Crippen molar-refractivity contribution in [1.29, 1.82) is 0 Å². The Labute approximate surface area is 109 Å². The maximum atomic E-state index is 11.3. The molecule has 0 aliphatic carbocycles. The van der Waals surface area contributed by atoms with Crippen LogP contribution in [0.3, 0.4) is 0 Å². The molecule has 0 spiro atoms. The second-order valence-electron chi connectivity index (χ2n) is 4.48. The maximum Gasteiger partial charge on any atom is 0.408 e. The molecule has 0 saturated heterocycles. The van der Waals surface area contributed by atoms with E-state index in [1.807, 2.05) is 18.9 Å². The third-order valence-corrected chi connectivity index (χ3v) is 2.84. The van der Waals surface area contributed by atoms with E-state index in [1.54, 1.807) is 7.05 Å². The molecule has 1 N–H and O–H groups in total. The van der Waals surface area contributed by atoms with E-state index in [1.165, 1.54) is 11.1 Å². The van der Waals surface area contributed by atoms with Gasteiger partial charge >= 0.3 is 6.09 Å². The van der Waals surface area contributed by atoms with Crippen molar-refractivity contribution in [2.45, 2.75) is 33.4 Å². The molecule has 1 rings (SSSR count). The SMILES string of the molecule is CCC(OC(=O)NC)N(C)c1cc(C)cc(C)c1. The van der Waals surface area contributed by atoms with Crippen LogP contribution in [0, 0.1) is 13.8 Å². The summed E-state index contributed by atoms with van der Waals surface area (Å²) in [5.74, 6) is 0. The second-order valence-corrected chi connectivity index (χ2v) is 4.48. The lowest BCUT2D eigenvalue weighted by molar-refractivity contribution is 0.0972. The third-order valence-electron chi connectivity index (χ3n) is 2.84. The molecule has 0 aromatic heterocycles. The molecule has 1 amide bonds. The van der Waals surface area contributed by atoms with Crippen molar-refractivity contribution in [2.75, 3.05) is 19.0 Å². The van der Waals surface area contributed by atoms with Crippen LogP contribution in [0.4, 0.5) is 10.5 Å². The van der Waals surface area contributed by atoms with Crippen LogP contribution < -0.4 is 10.2 Å². The molecule has 1 aromatic rings. The number of hydrogen-bond donors (Lipinski definition) is 1. The first-order chi connectivity index (χ1) is 8.47. The summed E-state index contributed by atoms with van der Waals surface area (Å²) in [4.78, 5) is 13.3. The molecule has 0 radical (unpaired) electrons. The highest BCUT2D eigenvalue weighted by Crippen LogP contribution is 2.21. The minimum absolute atomic E-state index is 0.258. The molecular formula is C14H22N2O2. The van der Waals surface area contributed by atoms with Crippen molar-refractivity contribution >= 4 is 11.8 Å². The van der Waals surface area contributed by atoms with Crippen molar-refractivity contribution in [1.82, 2.24) is 5.32 Å². The number of amides is 1. The first-order valence-corrected chi connectivity index (χ1v) is 6.17. The molecule has 1 unspecified atom stereocenters. The van der Waals surface area contributed by atoms with E-state index in [-0.39, 0.29) is 6.23 Å². The molecule has 0 fully saturated rings. The zero-order chi connectivity index (χ0) is 13.7. The smallest absolute Gasteiger partial charge is 0.408 e. The predicted octanol–water partition coefficient (Wildman–Crippen LogP) is 2.83. The summed E-state index contributed by atoms with van der Waals surface area (Å²) in [6, 6.07) is 6.30. The summed E-state index contributed by atoms with van der Waals surface area (Å²) >= 11 is 0. The molecule has 100 valence electrons. The second kappa shape index (κ2) is 6.28. The minimum atomic E-state index is -0.405. The van der Waals surface area contributed by atoms with Gasteiger partial charge in [0.1, 0.15) is 0 Å². The quantitative estimate of drug-likeness (QED) is 0.835. The Morgan fingerprint density at radius 3 is 2.33 bits per heavy atom. The van der Waals surface area contributed by atoms with E-state index in [0.717, 1.165) is 12.1 Å². The molecule has 0 aliphatic heterocycles. The maximum absolute atomic E-state index is 11.3. The van der Waals surface area contributed by atoms with Crippen LogP contribution in [0.1, 0.15) is 24.5 Å². The van der Waals surface area contributed by atoms with Crippen LogP contribution in [0.5, 0.6) is 0 Å². The van der Waals surface area contributed by atoms with E-state index in [9.17, 15) is 4.79 Å². The normalized spacial score (nSPS) is 11.8. The Morgan fingerprint density at radius 2 is 1.89 bits per heavy atom. The Hall–Kier alpha value is -1.71. The van der Waals surface area contributed by atoms with E-state index in [4.69, 9.17) is 4.74 Å². The summed E-state index contributed by atoms with van der Waals surface area (Å²) in [5, 5.41) is 2.47. The van der Waals surface area contributed by atoms with Gasteiger partial charge in [0, 0.05) is 26.2 Å². The van der Waals surface area contributed by atoms with Crippen molar-refractivity contribution in [3.63, 3.8) is 0 Å². The molecule has 18 heavy (non-hydrogen) atoms. The highest BCUT2D eigenvalue weighted by Gasteiger charge is 2.17. The number of carbonyl (C=O) groups is 1. The molecule has 1 aromatic carbocycles. The van der Waals surface area contributed by atoms with Gasteiger partial charge in [-0.05, 0) is 37.1 Å².